The summed E-state index contributed by atoms with van der Waals surface area (Å²) in [5, 5.41) is 0.918. The Labute approximate surface area is 150 Å². The SMILES string of the molecule is C=CCC[C]1[CH][CH][CH][C](CCC=C)[C]1Cl.[C-]#[O+].[C-]#[O+].[C-]#[O+].[Cr]. The summed E-state index contributed by atoms with van der Waals surface area (Å²) < 4.78 is 22.5. The Hall–Kier alpha value is -0.478. The first-order chi connectivity index (χ1) is 10.3. The quantitative estimate of drug-likeness (QED) is 0.386. The summed E-state index contributed by atoms with van der Waals surface area (Å²) >= 11 is 6.31. The van der Waals surface area contributed by atoms with Gasteiger partial charge in [-0.25, -0.2) is 0 Å². The monoisotopic (exact) mass is 356 g/mol. The van der Waals surface area contributed by atoms with Gasteiger partial charge in [-0.05, 0) is 44.9 Å². The van der Waals surface area contributed by atoms with E-state index in [-0.39, 0.29) is 17.4 Å². The van der Waals surface area contributed by atoms with Crippen molar-refractivity contribution in [2.24, 2.45) is 0 Å². The molecule has 1 saturated carbocycles. The zero-order valence-electron chi connectivity index (χ0n) is 12.1. The molecular weight excluding hydrogens is 340 g/mol. The molecule has 0 bridgehead atoms. The zero-order valence-corrected chi connectivity index (χ0v) is 14.2. The Bertz CT molecular complexity index is 278. The van der Waals surface area contributed by atoms with Gasteiger partial charge in [0.2, 0.25) is 0 Å². The third-order valence-electron chi connectivity index (χ3n) is 2.39. The van der Waals surface area contributed by atoms with E-state index < -0.39 is 0 Å². The summed E-state index contributed by atoms with van der Waals surface area (Å²) in [7, 11) is 0. The molecular formula is C17H17ClCrO3. The molecule has 1 fully saturated rings. The molecule has 0 atom stereocenters. The van der Waals surface area contributed by atoms with Gasteiger partial charge in [0.25, 0.3) is 0 Å². The Balaban J connectivity index is -0.000000206. The van der Waals surface area contributed by atoms with Crippen LogP contribution in [0.1, 0.15) is 25.7 Å². The van der Waals surface area contributed by atoms with Gasteiger partial charge < -0.3 is 0 Å². The molecule has 0 aliphatic heterocycles. The molecule has 0 amide bonds. The number of hydrogen-bond acceptors (Lipinski definition) is 0. The summed E-state index contributed by atoms with van der Waals surface area (Å²) in [4.78, 5) is 0. The second-order valence-corrected chi connectivity index (χ2v) is 3.92. The molecule has 0 spiro atoms. The normalized spacial score (nSPS) is 14.1. The first-order valence-electron chi connectivity index (χ1n) is 5.89. The van der Waals surface area contributed by atoms with Gasteiger partial charge in [0.15, 0.2) is 0 Å². The van der Waals surface area contributed by atoms with Gasteiger partial charge in [-0.3, -0.25) is 0 Å². The van der Waals surface area contributed by atoms with Crippen LogP contribution in [0.5, 0.6) is 0 Å². The molecule has 116 valence electrons. The van der Waals surface area contributed by atoms with E-state index in [9.17, 15) is 0 Å². The van der Waals surface area contributed by atoms with Gasteiger partial charge in [-0.2, -0.15) is 0 Å². The summed E-state index contributed by atoms with van der Waals surface area (Å²) in [5.41, 5.74) is 0. The molecule has 0 aromatic rings. The number of halogens is 1. The van der Waals surface area contributed by atoms with Crippen LogP contribution in [0, 0.1) is 56.4 Å². The Kier molecular flexibility index (Phi) is 34.2. The van der Waals surface area contributed by atoms with Gasteiger partial charge in [0.05, 0.1) is 5.38 Å². The van der Waals surface area contributed by atoms with Crippen LogP contribution in [0.2, 0.25) is 0 Å². The number of rotatable bonds is 6. The third kappa shape index (κ3) is 14.5. The van der Waals surface area contributed by atoms with Crippen molar-refractivity contribution in [3.8, 4) is 0 Å². The van der Waals surface area contributed by atoms with Crippen LogP contribution in [0.15, 0.2) is 25.3 Å². The topological polar surface area (TPSA) is 59.7 Å². The molecule has 0 saturated heterocycles. The zero-order chi connectivity index (χ0) is 17.1. The van der Waals surface area contributed by atoms with E-state index in [1.54, 1.807) is 0 Å². The molecule has 3 nitrogen and oxygen atoms in total. The van der Waals surface area contributed by atoms with Crippen molar-refractivity contribution in [2.75, 3.05) is 0 Å². The molecule has 1 rings (SSSR count). The van der Waals surface area contributed by atoms with Crippen molar-refractivity contribution < 1.29 is 31.3 Å². The summed E-state index contributed by atoms with van der Waals surface area (Å²) in [5.74, 6) is 2.44. The first kappa shape index (κ1) is 29.5. The number of allylic oxidation sites excluding steroid dienone is 2. The van der Waals surface area contributed by atoms with E-state index in [1.807, 2.05) is 12.2 Å². The van der Waals surface area contributed by atoms with Gasteiger partial charge in [-0.1, -0.05) is 12.2 Å². The fourth-order valence-electron chi connectivity index (χ4n) is 1.53. The Morgan fingerprint density at radius 3 is 1.45 bits per heavy atom. The summed E-state index contributed by atoms with van der Waals surface area (Å²) in [6.07, 6.45) is 14.0. The Morgan fingerprint density at radius 1 is 0.864 bits per heavy atom. The largest absolute Gasteiger partial charge is 0 e. The van der Waals surface area contributed by atoms with Crippen molar-refractivity contribution in [1.82, 2.24) is 0 Å². The second-order valence-electron chi connectivity index (χ2n) is 3.54. The van der Waals surface area contributed by atoms with Crippen LogP contribution in [-0.4, -0.2) is 0 Å². The minimum atomic E-state index is 0. The second kappa shape index (κ2) is 25.5. The van der Waals surface area contributed by atoms with Gasteiger partial charge in [0.1, 0.15) is 0 Å². The van der Waals surface area contributed by atoms with Crippen LogP contribution in [0.4, 0.5) is 0 Å². The first-order valence-corrected chi connectivity index (χ1v) is 6.26. The van der Waals surface area contributed by atoms with E-state index in [0.29, 0.717) is 0 Å². The van der Waals surface area contributed by atoms with Gasteiger partial charge in [-0.15, -0.1) is 24.8 Å². The molecule has 1 aliphatic rings. The van der Waals surface area contributed by atoms with Gasteiger partial charge >= 0.3 is 33.9 Å². The predicted molar refractivity (Wildman–Crippen MR) is 79.1 cm³/mol. The van der Waals surface area contributed by atoms with Crippen molar-refractivity contribution in [3.63, 3.8) is 0 Å². The van der Waals surface area contributed by atoms with Crippen molar-refractivity contribution >= 4 is 11.6 Å². The molecule has 5 heteroatoms. The maximum Gasteiger partial charge on any atom is 0 e. The van der Waals surface area contributed by atoms with Crippen molar-refractivity contribution in [2.45, 2.75) is 25.7 Å². The standard InChI is InChI=1S/C14H17Cl.3CO.Cr/c1-3-5-8-12-10-7-11-13(14(12)15)9-6-4-2;3*1-2;/h3-4,7,10-11H,1-2,5-6,8-9H2;;;;. The van der Waals surface area contributed by atoms with Crippen LogP contribution in [0.3, 0.4) is 0 Å². The third-order valence-corrected chi connectivity index (χ3v) is 2.88. The molecule has 0 aromatic heterocycles. The molecule has 6 radical (unpaired) electrons. The fraction of sp³-hybridized carbons (Fsp3) is 0.235. The van der Waals surface area contributed by atoms with Crippen LogP contribution in [0.25, 0.3) is 0 Å². The average Bonchev–Trinajstić information content (AvgIpc) is 2.58. The molecule has 0 aromatic carbocycles. The molecule has 0 unspecified atom stereocenters. The maximum atomic E-state index is 7.50. The minimum Gasteiger partial charge on any atom is 0 e. The van der Waals surface area contributed by atoms with Crippen LogP contribution in [-0.2, 0) is 31.3 Å². The molecule has 0 N–H and O–H groups in total. The summed E-state index contributed by atoms with van der Waals surface area (Å²) in [6.45, 7) is 20.9. The molecule has 1 aliphatic carbocycles. The Morgan fingerprint density at radius 2 is 1.18 bits per heavy atom. The van der Waals surface area contributed by atoms with Crippen LogP contribution >= 0.6 is 11.6 Å². The van der Waals surface area contributed by atoms with Crippen LogP contribution < -0.4 is 0 Å². The van der Waals surface area contributed by atoms with E-state index in [0.717, 1.165) is 31.1 Å². The van der Waals surface area contributed by atoms with Crippen molar-refractivity contribution in [3.05, 3.63) is 81.7 Å². The maximum absolute atomic E-state index is 7.50. The minimum absolute atomic E-state index is 0. The van der Waals surface area contributed by atoms with E-state index in [2.05, 4.69) is 52.4 Å². The fourth-order valence-corrected chi connectivity index (χ4v) is 1.85. The van der Waals surface area contributed by atoms with Gasteiger partial charge in [0, 0.05) is 29.2 Å². The molecule has 22 heavy (non-hydrogen) atoms. The van der Waals surface area contributed by atoms with E-state index >= 15 is 0 Å². The average molecular weight is 357 g/mol. The molecule has 0 heterocycles. The summed E-state index contributed by atoms with van der Waals surface area (Å²) in [6, 6.07) is 0. The van der Waals surface area contributed by atoms with E-state index in [4.69, 9.17) is 25.6 Å². The predicted octanol–water partition coefficient (Wildman–Crippen LogP) is 4.35. The van der Waals surface area contributed by atoms with Crippen molar-refractivity contribution in [1.29, 1.82) is 0 Å². The van der Waals surface area contributed by atoms with E-state index in [1.165, 1.54) is 11.8 Å². The number of hydrogen-bond donors (Lipinski definition) is 0. The smallest absolute Gasteiger partial charge is 0 e.